The zero-order chi connectivity index (χ0) is 14.6. The van der Waals surface area contributed by atoms with E-state index in [1.54, 1.807) is 0 Å². The van der Waals surface area contributed by atoms with E-state index in [2.05, 4.69) is 20.8 Å². The molecule has 110 valence electrons. The predicted octanol–water partition coefficient (Wildman–Crippen LogP) is 2.97. The number of nitrogens with two attached hydrogens (primary N) is 1. The van der Waals surface area contributed by atoms with Crippen LogP contribution in [0.2, 0.25) is 0 Å². The van der Waals surface area contributed by atoms with Crippen LogP contribution < -0.4 is 5.73 Å². The topological polar surface area (TPSA) is 46.3 Å². The standard InChI is InChI=1S/C15H28N2OS/c1-5-12(6-2)10-17(7-3)14(18)15(13(16)19)8-11(4)9-15/h11-12H,5-10H2,1-4H3,(H2,16,19). The van der Waals surface area contributed by atoms with E-state index in [-0.39, 0.29) is 5.91 Å². The smallest absolute Gasteiger partial charge is 0.235 e. The normalized spacial score (nSPS) is 26.1. The van der Waals surface area contributed by atoms with Crippen molar-refractivity contribution in [2.75, 3.05) is 13.1 Å². The highest BCUT2D eigenvalue weighted by Gasteiger charge is 2.52. The zero-order valence-corrected chi connectivity index (χ0v) is 13.6. The number of hydrogen-bond acceptors (Lipinski definition) is 2. The van der Waals surface area contributed by atoms with Crippen molar-refractivity contribution < 1.29 is 4.79 Å². The van der Waals surface area contributed by atoms with Gasteiger partial charge in [-0.3, -0.25) is 4.79 Å². The van der Waals surface area contributed by atoms with E-state index in [1.165, 1.54) is 0 Å². The fourth-order valence-electron chi connectivity index (χ4n) is 3.13. The molecule has 4 heteroatoms. The summed E-state index contributed by atoms with van der Waals surface area (Å²) in [5, 5.41) is 0. The Labute approximate surface area is 122 Å². The number of hydrogen-bond donors (Lipinski definition) is 1. The summed E-state index contributed by atoms with van der Waals surface area (Å²) in [7, 11) is 0. The van der Waals surface area contributed by atoms with Gasteiger partial charge in [0.15, 0.2) is 0 Å². The van der Waals surface area contributed by atoms with Gasteiger partial charge in [0.25, 0.3) is 0 Å². The highest BCUT2D eigenvalue weighted by atomic mass is 32.1. The van der Waals surface area contributed by atoms with E-state index >= 15 is 0 Å². The largest absolute Gasteiger partial charge is 0.392 e. The molecule has 0 aromatic carbocycles. The van der Waals surface area contributed by atoms with Crippen LogP contribution in [-0.2, 0) is 4.79 Å². The SMILES string of the molecule is CCC(CC)CN(CC)C(=O)C1(C(N)=S)CC(C)C1. The lowest BCUT2D eigenvalue weighted by molar-refractivity contribution is -0.144. The molecule has 0 aromatic heterocycles. The molecule has 1 fully saturated rings. The summed E-state index contributed by atoms with van der Waals surface area (Å²) >= 11 is 5.18. The number of carbonyl (C=O) groups excluding carboxylic acids is 1. The fraction of sp³-hybridized carbons (Fsp3) is 0.867. The summed E-state index contributed by atoms with van der Waals surface area (Å²) in [5.41, 5.74) is 5.32. The Morgan fingerprint density at radius 2 is 1.89 bits per heavy atom. The third-order valence-electron chi connectivity index (χ3n) is 4.58. The van der Waals surface area contributed by atoms with Crippen LogP contribution in [0.3, 0.4) is 0 Å². The first-order valence-electron chi connectivity index (χ1n) is 7.50. The summed E-state index contributed by atoms with van der Waals surface area (Å²) in [4.78, 5) is 15.1. The maximum Gasteiger partial charge on any atom is 0.235 e. The Balaban J connectivity index is 2.80. The summed E-state index contributed by atoms with van der Waals surface area (Å²) in [6, 6.07) is 0. The van der Waals surface area contributed by atoms with Gasteiger partial charge in [-0.2, -0.15) is 0 Å². The average Bonchev–Trinajstić information content (AvgIpc) is 2.35. The Morgan fingerprint density at radius 1 is 1.37 bits per heavy atom. The number of carbonyl (C=O) groups is 1. The van der Waals surface area contributed by atoms with Crippen molar-refractivity contribution in [3.63, 3.8) is 0 Å². The van der Waals surface area contributed by atoms with Crippen molar-refractivity contribution >= 4 is 23.1 Å². The van der Waals surface area contributed by atoms with Crippen LogP contribution in [0.15, 0.2) is 0 Å². The summed E-state index contributed by atoms with van der Waals surface area (Å²) in [6.07, 6.45) is 3.86. The second-order valence-electron chi connectivity index (χ2n) is 5.99. The molecule has 2 N–H and O–H groups in total. The molecular weight excluding hydrogens is 256 g/mol. The lowest BCUT2D eigenvalue weighted by Gasteiger charge is -2.47. The van der Waals surface area contributed by atoms with Crippen molar-refractivity contribution in [2.45, 2.75) is 53.4 Å². The summed E-state index contributed by atoms with van der Waals surface area (Å²) in [5.74, 6) is 1.29. The predicted molar refractivity (Wildman–Crippen MR) is 83.9 cm³/mol. The Hall–Kier alpha value is -0.640. The molecule has 3 nitrogen and oxygen atoms in total. The quantitative estimate of drug-likeness (QED) is 0.731. The molecule has 0 atom stereocenters. The monoisotopic (exact) mass is 284 g/mol. The molecule has 1 aliphatic carbocycles. The third kappa shape index (κ3) is 3.28. The van der Waals surface area contributed by atoms with Crippen LogP contribution in [0, 0.1) is 17.3 Å². The van der Waals surface area contributed by atoms with Gasteiger partial charge < -0.3 is 10.6 Å². The molecule has 0 aliphatic heterocycles. The van der Waals surface area contributed by atoms with Gasteiger partial charge in [0, 0.05) is 13.1 Å². The molecule has 0 radical (unpaired) electrons. The van der Waals surface area contributed by atoms with Gasteiger partial charge in [0.1, 0.15) is 0 Å². The van der Waals surface area contributed by atoms with Gasteiger partial charge in [-0.05, 0) is 31.6 Å². The van der Waals surface area contributed by atoms with Crippen LogP contribution in [0.1, 0.15) is 53.4 Å². The van der Waals surface area contributed by atoms with Crippen molar-refractivity contribution in [3.8, 4) is 0 Å². The molecule has 1 saturated carbocycles. The van der Waals surface area contributed by atoms with Gasteiger partial charge in [0.05, 0.1) is 10.4 Å². The van der Waals surface area contributed by atoms with Crippen LogP contribution in [0.25, 0.3) is 0 Å². The molecule has 1 amide bonds. The molecule has 0 unspecified atom stereocenters. The van der Waals surface area contributed by atoms with Crippen LogP contribution in [0.4, 0.5) is 0 Å². The van der Waals surface area contributed by atoms with E-state index in [4.69, 9.17) is 18.0 Å². The molecule has 1 rings (SSSR count). The Kier molecular flexibility index (Phi) is 5.78. The number of thiocarbonyl (C=S) groups is 1. The molecule has 0 bridgehead atoms. The second kappa shape index (κ2) is 6.69. The van der Waals surface area contributed by atoms with Gasteiger partial charge in [-0.1, -0.05) is 45.8 Å². The lowest BCUT2D eigenvalue weighted by Crippen LogP contribution is -2.57. The van der Waals surface area contributed by atoms with Gasteiger partial charge in [-0.25, -0.2) is 0 Å². The van der Waals surface area contributed by atoms with E-state index in [0.29, 0.717) is 16.8 Å². The molecular formula is C15H28N2OS. The summed E-state index contributed by atoms with van der Waals surface area (Å²) in [6.45, 7) is 10.1. The van der Waals surface area contributed by atoms with E-state index in [9.17, 15) is 4.79 Å². The molecule has 0 saturated heterocycles. The molecule has 1 aliphatic rings. The van der Waals surface area contributed by atoms with E-state index < -0.39 is 5.41 Å². The first-order valence-corrected chi connectivity index (χ1v) is 7.91. The zero-order valence-electron chi connectivity index (χ0n) is 12.7. The van der Waals surface area contributed by atoms with Crippen LogP contribution in [-0.4, -0.2) is 28.9 Å². The van der Waals surface area contributed by atoms with Crippen molar-refractivity contribution in [2.24, 2.45) is 23.0 Å². The maximum absolute atomic E-state index is 12.8. The first-order chi connectivity index (χ1) is 8.91. The molecule has 0 spiro atoms. The minimum atomic E-state index is -0.545. The molecule has 0 heterocycles. The third-order valence-corrected chi connectivity index (χ3v) is 4.97. The number of rotatable bonds is 7. The Bertz CT molecular complexity index is 333. The Morgan fingerprint density at radius 3 is 2.21 bits per heavy atom. The summed E-state index contributed by atoms with van der Waals surface area (Å²) < 4.78 is 0. The minimum Gasteiger partial charge on any atom is -0.392 e. The van der Waals surface area contributed by atoms with E-state index in [0.717, 1.165) is 38.8 Å². The van der Waals surface area contributed by atoms with Gasteiger partial charge >= 0.3 is 0 Å². The fourth-order valence-corrected chi connectivity index (χ4v) is 3.38. The second-order valence-corrected chi connectivity index (χ2v) is 6.43. The minimum absolute atomic E-state index is 0.160. The van der Waals surface area contributed by atoms with Crippen LogP contribution in [0.5, 0.6) is 0 Å². The first kappa shape index (κ1) is 16.4. The average molecular weight is 284 g/mol. The van der Waals surface area contributed by atoms with Crippen molar-refractivity contribution in [1.82, 2.24) is 4.90 Å². The maximum atomic E-state index is 12.8. The van der Waals surface area contributed by atoms with Gasteiger partial charge in [-0.15, -0.1) is 0 Å². The van der Waals surface area contributed by atoms with Crippen LogP contribution >= 0.6 is 12.2 Å². The van der Waals surface area contributed by atoms with Crippen molar-refractivity contribution in [1.29, 1.82) is 0 Å². The number of nitrogens with zero attached hydrogens (tertiary/aromatic N) is 1. The van der Waals surface area contributed by atoms with E-state index in [1.807, 2.05) is 11.8 Å². The van der Waals surface area contributed by atoms with Crippen molar-refractivity contribution in [3.05, 3.63) is 0 Å². The lowest BCUT2D eigenvalue weighted by atomic mass is 9.61. The highest BCUT2D eigenvalue weighted by Crippen LogP contribution is 2.47. The number of amides is 1. The molecule has 0 aromatic rings. The molecule has 19 heavy (non-hydrogen) atoms. The highest BCUT2D eigenvalue weighted by molar-refractivity contribution is 7.80. The van der Waals surface area contributed by atoms with Gasteiger partial charge in [0.2, 0.25) is 5.91 Å².